The zero-order valence-electron chi connectivity index (χ0n) is 14.2. The first-order valence-electron chi connectivity index (χ1n) is 8.52. The van der Waals surface area contributed by atoms with E-state index in [0.717, 1.165) is 5.25 Å². The Bertz CT molecular complexity index is 379. The van der Waals surface area contributed by atoms with Crippen LogP contribution in [0, 0.1) is 0 Å². The van der Waals surface area contributed by atoms with Gasteiger partial charge in [-0.3, -0.25) is 4.99 Å². The number of nitrogens with zero attached hydrogens (tertiary/aromatic N) is 2. The summed E-state index contributed by atoms with van der Waals surface area (Å²) in [6.45, 7) is 11.5. The minimum absolute atomic E-state index is 0.395. The summed E-state index contributed by atoms with van der Waals surface area (Å²) >= 11 is 4.78. The normalized spacial score (nSPS) is 36.8. The highest BCUT2D eigenvalue weighted by Crippen LogP contribution is 2.44. The van der Waals surface area contributed by atoms with Gasteiger partial charge in [0.2, 0.25) is 0 Å². The van der Waals surface area contributed by atoms with E-state index in [1.165, 1.54) is 43.7 Å². The lowest BCUT2D eigenvalue weighted by molar-refractivity contribution is 0.248. The maximum Gasteiger partial charge on any atom is 0.160 e. The molecule has 0 amide bonds. The number of hydrogen-bond donors (Lipinski definition) is 0. The number of fused-ring (bicyclic) bond motifs is 1. The van der Waals surface area contributed by atoms with E-state index < -0.39 is 0 Å². The minimum atomic E-state index is 0.395. The Balaban J connectivity index is 2.26. The van der Waals surface area contributed by atoms with Gasteiger partial charge in [-0.15, -0.1) is 0 Å². The predicted octanol–water partition coefficient (Wildman–Crippen LogP) is 5.49. The van der Waals surface area contributed by atoms with Crippen LogP contribution in [0.1, 0.15) is 73.1 Å². The zero-order chi connectivity index (χ0) is 15.6. The molecule has 0 radical (unpaired) electrons. The Morgan fingerprint density at radius 3 is 2.57 bits per heavy atom. The van der Waals surface area contributed by atoms with Gasteiger partial charge in [-0.1, -0.05) is 60.5 Å². The lowest BCUT2D eigenvalue weighted by Gasteiger charge is -2.33. The Hall–Kier alpha value is 0.550. The molecule has 0 aromatic carbocycles. The molecule has 0 spiro atoms. The fourth-order valence-corrected chi connectivity index (χ4v) is 6.61. The third kappa shape index (κ3) is 4.76. The van der Waals surface area contributed by atoms with Gasteiger partial charge in [0.05, 0.1) is 0 Å². The van der Waals surface area contributed by atoms with Crippen LogP contribution in [0.15, 0.2) is 4.99 Å². The second kappa shape index (κ2) is 7.41. The van der Waals surface area contributed by atoms with Crippen molar-refractivity contribution in [3.05, 3.63) is 0 Å². The van der Waals surface area contributed by atoms with E-state index in [-0.39, 0.29) is 0 Å². The van der Waals surface area contributed by atoms with Crippen molar-refractivity contribution in [2.24, 2.45) is 4.99 Å². The van der Waals surface area contributed by atoms with Crippen LogP contribution in [0.25, 0.3) is 0 Å². The van der Waals surface area contributed by atoms with E-state index in [2.05, 4.69) is 73.9 Å². The van der Waals surface area contributed by atoms with Crippen molar-refractivity contribution in [3.63, 3.8) is 0 Å². The fraction of sp³-hybridized carbons (Fsp3) is 0.941. The summed E-state index contributed by atoms with van der Waals surface area (Å²) in [5, 5.41) is 2.03. The van der Waals surface area contributed by atoms with E-state index in [1.54, 1.807) is 0 Å². The number of aliphatic imine (C=N–C) groups is 1. The Kier molecular flexibility index (Phi) is 6.32. The van der Waals surface area contributed by atoms with Gasteiger partial charge < -0.3 is 4.90 Å². The molecule has 3 unspecified atom stereocenters. The van der Waals surface area contributed by atoms with Crippen LogP contribution >= 0.6 is 34.4 Å². The van der Waals surface area contributed by atoms with Gasteiger partial charge in [-0.25, -0.2) is 0 Å². The molecule has 21 heavy (non-hydrogen) atoms. The minimum Gasteiger partial charge on any atom is -0.345 e. The van der Waals surface area contributed by atoms with Crippen LogP contribution in [-0.2, 0) is 0 Å². The molecule has 0 N–H and O–H groups in total. The molecular formula is C17H31IN2S. The number of rotatable bonds is 2. The van der Waals surface area contributed by atoms with E-state index in [1.807, 2.05) is 0 Å². The van der Waals surface area contributed by atoms with Crippen molar-refractivity contribution in [1.82, 2.24) is 4.90 Å². The molecule has 122 valence electrons. The predicted molar refractivity (Wildman–Crippen MR) is 105 cm³/mol. The third-order valence-corrected chi connectivity index (χ3v) is 6.80. The molecule has 2 nitrogen and oxygen atoms in total. The first kappa shape index (κ1) is 17.9. The van der Waals surface area contributed by atoms with Gasteiger partial charge in [0.25, 0.3) is 0 Å². The van der Waals surface area contributed by atoms with Crippen molar-refractivity contribution in [1.29, 1.82) is 0 Å². The molecule has 3 atom stereocenters. The largest absolute Gasteiger partial charge is 0.345 e. The van der Waals surface area contributed by atoms with Crippen LogP contribution < -0.4 is 0 Å². The second-order valence-corrected chi connectivity index (χ2v) is 11.3. The van der Waals surface area contributed by atoms with Crippen LogP contribution in [-0.4, -0.2) is 36.9 Å². The molecule has 1 heterocycles. The maximum atomic E-state index is 4.94. The summed E-state index contributed by atoms with van der Waals surface area (Å²) in [5.41, 5.74) is 0. The summed E-state index contributed by atoms with van der Waals surface area (Å²) in [7, 11) is 0. The number of thioether (sulfide) groups is 1. The van der Waals surface area contributed by atoms with Crippen LogP contribution in [0.3, 0.4) is 0 Å². The maximum absolute atomic E-state index is 4.94. The van der Waals surface area contributed by atoms with Crippen LogP contribution in [0.2, 0.25) is 0 Å². The molecule has 2 fully saturated rings. The number of hydrogen-bond acceptors (Lipinski definition) is 2. The van der Waals surface area contributed by atoms with E-state index in [9.17, 15) is 0 Å². The SMILES string of the molecule is CC(C)/N=C1/SC2CC(C)(I)CCCCCC2N1C(C)C. The molecule has 1 aliphatic carbocycles. The Labute approximate surface area is 149 Å². The topological polar surface area (TPSA) is 15.6 Å². The van der Waals surface area contributed by atoms with Gasteiger partial charge in [0.15, 0.2) is 5.17 Å². The first-order valence-corrected chi connectivity index (χ1v) is 10.5. The van der Waals surface area contributed by atoms with Crippen molar-refractivity contribution in [2.45, 2.75) is 99.9 Å². The summed E-state index contributed by atoms with van der Waals surface area (Å²) in [6.07, 6.45) is 8.22. The Morgan fingerprint density at radius 1 is 1.24 bits per heavy atom. The van der Waals surface area contributed by atoms with E-state index in [4.69, 9.17) is 4.99 Å². The smallest absolute Gasteiger partial charge is 0.160 e. The van der Waals surface area contributed by atoms with E-state index in [0.29, 0.717) is 21.5 Å². The summed E-state index contributed by atoms with van der Waals surface area (Å²) in [6, 6.07) is 1.65. The van der Waals surface area contributed by atoms with Crippen LogP contribution in [0.5, 0.6) is 0 Å². The van der Waals surface area contributed by atoms with Crippen molar-refractivity contribution >= 4 is 39.5 Å². The molecule has 1 saturated carbocycles. The number of amidine groups is 1. The zero-order valence-corrected chi connectivity index (χ0v) is 17.2. The number of halogens is 1. The van der Waals surface area contributed by atoms with Crippen molar-refractivity contribution < 1.29 is 0 Å². The van der Waals surface area contributed by atoms with E-state index >= 15 is 0 Å². The average molecular weight is 422 g/mol. The molecule has 2 aliphatic rings. The molecule has 4 heteroatoms. The average Bonchev–Trinajstić information content (AvgIpc) is 2.66. The summed E-state index contributed by atoms with van der Waals surface area (Å²) in [5.74, 6) is 0. The highest BCUT2D eigenvalue weighted by Gasteiger charge is 2.43. The highest BCUT2D eigenvalue weighted by atomic mass is 127. The fourth-order valence-electron chi connectivity index (χ4n) is 3.57. The molecular weight excluding hydrogens is 391 g/mol. The summed E-state index contributed by atoms with van der Waals surface area (Å²) < 4.78 is 0.452. The van der Waals surface area contributed by atoms with Gasteiger partial charge >= 0.3 is 0 Å². The molecule has 1 aliphatic heterocycles. The first-order chi connectivity index (χ1) is 9.80. The molecule has 1 saturated heterocycles. The molecule has 0 aromatic heterocycles. The molecule has 2 rings (SSSR count). The number of alkyl halides is 1. The van der Waals surface area contributed by atoms with Gasteiger partial charge in [0, 0.05) is 26.8 Å². The van der Waals surface area contributed by atoms with Crippen molar-refractivity contribution in [2.75, 3.05) is 0 Å². The lowest BCUT2D eigenvalue weighted by Crippen LogP contribution is -2.42. The second-order valence-electron chi connectivity index (χ2n) is 7.45. The highest BCUT2D eigenvalue weighted by molar-refractivity contribution is 14.1. The van der Waals surface area contributed by atoms with Gasteiger partial charge in [-0.2, -0.15) is 0 Å². The quantitative estimate of drug-likeness (QED) is 0.432. The van der Waals surface area contributed by atoms with Crippen LogP contribution in [0.4, 0.5) is 0 Å². The lowest BCUT2D eigenvalue weighted by atomic mass is 9.96. The van der Waals surface area contributed by atoms with Crippen molar-refractivity contribution in [3.8, 4) is 0 Å². The third-order valence-electron chi connectivity index (χ3n) is 4.51. The van der Waals surface area contributed by atoms with Gasteiger partial charge in [0.1, 0.15) is 0 Å². The monoisotopic (exact) mass is 422 g/mol. The standard InChI is InChI=1S/C17H31IN2S/c1-12(2)19-16-20(13(3)4)14-9-7-6-8-10-17(5,18)11-15(14)21-16/h12-15H,6-11H2,1-5H3/b19-16+. The summed E-state index contributed by atoms with van der Waals surface area (Å²) in [4.78, 5) is 7.57. The Morgan fingerprint density at radius 2 is 1.95 bits per heavy atom. The van der Waals surface area contributed by atoms with Gasteiger partial charge in [-0.05, 0) is 47.0 Å². The molecule has 0 bridgehead atoms. The molecule has 0 aromatic rings.